The number of hydrogen-bond acceptors (Lipinski definition) is 6. The first-order valence-corrected chi connectivity index (χ1v) is 10.4. The van der Waals surface area contributed by atoms with Crippen LogP contribution < -0.4 is 10.6 Å². The smallest absolute Gasteiger partial charge is 0.338 e. The molecule has 0 radical (unpaired) electrons. The Hall–Kier alpha value is -3.39. The monoisotopic (exact) mass is 460 g/mol. The van der Waals surface area contributed by atoms with Crippen molar-refractivity contribution in [3.63, 3.8) is 0 Å². The third-order valence-corrected chi connectivity index (χ3v) is 4.37. The number of carbonyl (C=O) groups is 4. The van der Waals surface area contributed by atoms with Gasteiger partial charge < -0.3 is 20.1 Å². The fourth-order valence-electron chi connectivity index (χ4n) is 2.56. The number of esters is 2. The van der Waals surface area contributed by atoms with Crippen molar-refractivity contribution in [1.29, 1.82) is 0 Å². The van der Waals surface area contributed by atoms with Crippen molar-refractivity contribution in [2.45, 2.75) is 39.2 Å². The lowest BCUT2D eigenvalue weighted by molar-refractivity contribution is -0.147. The maximum atomic E-state index is 12.0. The number of amides is 2. The number of hydrogen-bond donors (Lipinski definition) is 2. The van der Waals surface area contributed by atoms with Crippen LogP contribution in [0.2, 0.25) is 5.02 Å². The molecule has 0 atom stereocenters. The molecule has 0 aliphatic heterocycles. The van der Waals surface area contributed by atoms with Gasteiger partial charge in [0.05, 0.1) is 22.4 Å². The highest BCUT2D eigenvalue weighted by Crippen LogP contribution is 2.20. The van der Waals surface area contributed by atoms with Gasteiger partial charge in [0.1, 0.15) is 0 Å². The highest BCUT2D eigenvalue weighted by molar-refractivity contribution is 6.33. The Morgan fingerprint density at radius 2 is 1.59 bits per heavy atom. The zero-order valence-corrected chi connectivity index (χ0v) is 18.6. The minimum Gasteiger partial charge on any atom is -0.459 e. The van der Waals surface area contributed by atoms with E-state index >= 15 is 0 Å². The lowest BCUT2D eigenvalue weighted by Gasteiger charge is -2.09. The molecule has 0 heterocycles. The zero-order chi connectivity index (χ0) is 23.5. The SMILES string of the molecule is CC(C)OC(=O)c1ccc(NC(=O)CCCC(=O)OCC(=O)Nc2ccccc2Cl)cc1. The lowest BCUT2D eigenvalue weighted by Crippen LogP contribution is -2.21. The van der Waals surface area contributed by atoms with Crippen molar-refractivity contribution in [2.75, 3.05) is 17.2 Å². The van der Waals surface area contributed by atoms with E-state index in [0.717, 1.165) is 0 Å². The second kappa shape index (κ2) is 12.5. The van der Waals surface area contributed by atoms with E-state index in [4.69, 9.17) is 21.1 Å². The molecular weight excluding hydrogens is 436 g/mol. The van der Waals surface area contributed by atoms with Crippen LogP contribution in [0.3, 0.4) is 0 Å². The molecule has 0 aliphatic rings. The molecular formula is C23H25ClN2O6. The minimum atomic E-state index is -0.583. The second-order valence-corrected chi connectivity index (χ2v) is 7.53. The van der Waals surface area contributed by atoms with Crippen LogP contribution >= 0.6 is 11.6 Å². The van der Waals surface area contributed by atoms with Gasteiger partial charge in [-0.1, -0.05) is 23.7 Å². The summed E-state index contributed by atoms with van der Waals surface area (Å²) in [6, 6.07) is 13.0. The summed E-state index contributed by atoms with van der Waals surface area (Å²) in [6.45, 7) is 3.08. The Morgan fingerprint density at radius 3 is 2.25 bits per heavy atom. The number of ether oxygens (including phenoxy) is 2. The van der Waals surface area contributed by atoms with Gasteiger partial charge in [0.15, 0.2) is 6.61 Å². The lowest BCUT2D eigenvalue weighted by atomic mass is 10.2. The van der Waals surface area contributed by atoms with E-state index < -0.39 is 24.5 Å². The molecule has 0 bridgehead atoms. The molecule has 0 unspecified atom stereocenters. The number of halogens is 1. The van der Waals surface area contributed by atoms with Crippen LogP contribution in [-0.2, 0) is 23.9 Å². The Morgan fingerprint density at radius 1 is 0.906 bits per heavy atom. The van der Waals surface area contributed by atoms with Gasteiger partial charge in [0.25, 0.3) is 5.91 Å². The molecule has 9 heteroatoms. The molecule has 2 rings (SSSR count). The number of benzene rings is 2. The quantitative estimate of drug-likeness (QED) is 0.514. The third kappa shape index (κ3) is 8.77. The first-order chi connectivity index (χ1) is 15.2. The molecule has 2 amide bonds. The van der Waals surface area contributed by atoms with Gasteiger partial charge in [-0.25, -0.2) is 4.79 Å². The van der Waals surface area contributed by atoms with Gasteiger partial charge >= 0.3 is 11.9 Å². The van der Waals surface area contributed by atoms with Crippen molar-refractivity contribution >= 4 is 46.7 Å². The summed E-state index contributed by atoms with van der Waals surface area (Å²) in [5, 5.41) is 5.61. The normalized spacial score (nSPS) is 10.4. The van der Waals surface area contributed by atoms with Crippen LogP contribution in [0.25, 0.3) is 0 Å². The number of para-hydroxylation sites is 1. The van der Waals surface area contributed by atoms with Crippen LogP contribution in [0.15, 0.2) is 48.5 Å². The summed E-state index contributed by atoms with van der Waals surface area (Å²) in [4.78, 5) is 47.5. The molecule has 0 aromatic heterocycles. The van der Waals surface area contributed by atoms with Gasteiger partial charge in [0.2, 0.25) is 5.91 Å². The van der Waals surface area contributed by atoms with Gasteiger partial charge in [-0.2, -0.15) is 0 Å². The van der Waals surface area contributed by atoms with E-state index in [1.165, 1.54) is 0 Å². The summed E-state index contributed by atoms with van der Waals surface area (Å²) >= 11 is 5.95. The fraction of sp³-hybridized carbons (Fsp3) is 0.304. The number of rotatable bonds is 10. The van der Waals surface area contributed by atoms with Gasteiger partial charge in [-0.3, -0.25) is 14.4 Å². The molecule has 8 nitrogen and oxygen atoms in total. The van der Waals surface area contributed by atoms with Crippen LogP contribution in [0.5, 0.6) is 0 Å². The predicted molar refractivity (Wildman–Crippen MR) is 121 cm³/mol. The molecule has 170 valence electrons. The molecule has 2 aromatic carbocycles. The van der Waals surface area contributed by atoms with E-state index in [-0.39, 0.29) is 31.3 Å². The Kier molecular flexibility index (Phi) is 9.69. The molecule has 0 saturated heterocycles. The summed E-state index contributed by atoms with van der Waals surface area (Å²) in [5.41, 5.74) is 1.34. The summed E-state index contributed by atoms with van der Waals surface area (Å²) in [7, 11) is 0. The first kappa shape index (κ1) is 24.9. The number of carbonyl (C=O) groups excluding carboxylic acids is 4. The van der Waals surface area contributed by atoms with Crippen LogP contribution in [-0.4, -0.2) is 36.5 Å². The fourth-order valence-corrected chi connectivity index (χ4v) is 2.74. The predicted octanol–water partition coefficient (Wildman–Crippen LogP) is 4.20. The van der Waals surface area contributed by atoms with Crippen molar-refractivity contribution < 1.29 is 28.7 Å². The largest absolute Gasteiger partial charge is 0.459 e. The minimum absolute atomic E-state index is 0.00717. The van der Waals surface area contributed by atoms with E-state index in [1.54, 1.807) is 62.4 Å². The standard InChI is InChI=1S/C23H25ClN2O6/c1-15(2)32-23(30)16-10-12-17(13-11-16)25-20(27)8-5-9-22(29)31-14-21(28)26-19-7-4-3-6-18(19)24/h3-4,6-7,10-13,15H,5,8-9,14H2,1-2H3,(H,25,27)(H,26,28). The van der Waals surface area contributed by atoms with E-state index in [0.29, 0.717) is 22.0 Å². The van der Waals surface area contributed by atoms with E-state index in [1.807, 2.05) is 0 Å². The van der Waals surface area contributed by atoms with Gasteiger partial charge in [-0.15, -0.1) is 0 Å². The maximum Gasteiger partial charge on any atom is 0.338 e. The molecule has 32 heavy (non-hydrogen) atoms. The third-order valence-electron chi connectivity index (χ3n) is 4.04. The molecule has 0 saturated carbocycles. The van der Waals surface area contributed by atoms with Crippen LogP contribution in [0, 0.1) is 0 Å². The van der Waals surface area contributed by atoms with Gasteiger partial charge in [0, 0.05) is 18.5 Å². The number of anilines is 2. The molecule has 2 N–H and O–H groups in total. The summed E-state index contributed by atoms with van der Waals surface area (Å²) in [5.74, 6) is -1.81. The first-order valence-electron chi connectivity index (χ1n) is 10.1. The molecule has 0 spiro atoms. The average molecular weight is 461 g/mol. The summed E-state index contributed by atoms with van der Waals surface area (Å²) < 4.78 is 10.0. The van der Waals surface area contributed by atoms with E-state index in [2.05, 4.69) is 10.6 Å². The Bertz CT molecular complexity index is 959. The van der Waals surface area contributed by atoms with Crippen LogP contribution in [0.1, 0.15) is 43.5 Å². The Labute approximate surface area is 191 Å². The molecule has 0 fully saturated rings. The maximum absolute atomic E-state index is 12.0. The molecule has 0 aliphatic carbocycles. The highest BCUT2D eigenvalue weighted by Gasteiger charge is 2.12. The van der Waals surface area contributed by atoms with Crippen molar-refractivity contribution in [1.82, 2.24) is 0 Å². The highest BCUT2D eigenvalue weighted by atomic mass is 35.5. The topological polar surface area (TPSA) is 111 Å². The van der Waals surface area contributed by atoms with Gasteiger partial charge in [-0.05, 0) is 56.7 Å². The molecule has 2 aromatic rings. The number of nitrogens with one attached hydrogen (secondary N) is 2. The summed E-state index contributed by atoms with van der Waals surface area (Å²) in [6.07, 6.45) is 0.130. The van der Waals surface area contributed by atoms with Crippen molar-refractivity contribution in [3.8, 4) is 0 Å². The second-order valence-electron chi connectivity index (χ2n) is 7.12. The van der Waals surface area contributed by atoms with Crippen LogP contribution in [0.4, 0.5) is 11.4 Å². The zero-order valence-electron chi connectivity index (χ0n) is 17.9. The van der Waals surface area contributed by atoms with E-state index in [9.17, 15) is 19.2 Å². The van der Waals surface area contributed by atoms with Crippen molar-refractivity contribution in [3.05, 3.63) is 59.1 Å². The Balaban J connectivity index is 1.66. The van der Waals surface area contributed by atoms with Crippen molar-refractivity contribution in [2.24, 2.45) is 0 Å². The average Bonchev–Trinajstić information content (AvgIpc) is 2.74.